The number of methoxy groups -OCH3 is 1. The first-order chi connectivity index (χ1) is 8.99. The summed E-state index contributed by atoms with van der Waals surface area (Å²) in [4.78, 5) is 11.1. The Labute approximate surface area is 117 Å². The van der Waals surface area contributed by atoms with Crippen molar-refractivity contribution in [3.63, 3.8) is 0 Å². The largest absolute Gasteiger partial charge is 0.496 e. The molecular weight excluding hydrogens is 268 g/mol. The second-order valence-electron chi connectivity index (χ2n) is 4.86. The van der Waals surface area contributed by atoms with Gasteiger partial charge >= 0.3 is 5.97 Å². The summed E-state index contributed by atoms with van der Waals surface area (Å²) in [6, 6.07) is 4.48. The Balaban J connectivity index is 2.51. The quantitative estimate of drug-likeness (QED) is 0.838. The lowest BCUT2D eigenvalue weighted by Gasteiger charge is -2.37. The van der Waals surface area contributed by atoms with Gasteiger partial charge in [0, 0.05) is 5.56 Å². The van der Waals surface area contributed by atoms with Gasteiger partial charge in [0.1, 0.15) is 11.4 Å². The van der Waals surface area contributed by atoms with Crippen molar-refractivity contribution in [3.8, 4) is 5.75 Å². The number of aliphatic hydroxyl groups is 1. The van der Waals surface area contributed by atoms with Crippen molar-refractivity contribution >= 4 is 17.6 Å². The predicted molar refractivity (Wildman–Crippen MR) is 72.0 cm³/mol. The highest BCUT2D eigenvalue weighted by atomic mass is 35.5. The first-order valence-electron chi connectivity index (χ1n) is 6.27. The third-order valence-corrected chi connectivity index (χ3v) is 4.28. The van der Waals surface area contributed by atoms with Crippen LogP contribution < -0.4 is 4.74 Å². The van der Waals surface area contributed by atoms with E-state index in [0.717, 1.165) is 12.8 Å². The van der Waals surface area contributed by atoms with E-state index in [2.05, 4.69) is 0 Å². The number of hydrogen-bond donors (Lipinski definition) is 2. The van der Waals surface area contributed by atoms with E-state index in [-0.39, 0.29) is 5.56 Å². The highest BCUT2D eigenvalue weighted by Gasteiger charge is 2.41. The molecule has 5 heteroatoms. The van der Waals surface area contributed by atoms with Crippen LogP contribution in [0.5, 0.6) is 5.75 Å². The lowest BCUT2D eigenvalue weighted by atomic mass is 9.78. The van der Waals surface area contributed by atoms with Gasteiger partial charge in [0.25, 0.3) is 0 Å². The van der Waals surface area contributed by atoms with Gasteiger partial charge in [-0.3, -0.25) is 0 Å². The van der Waals surface area contributed by atoms with Crippen molar-refractivity contribution < 1.29 is 19.7 Å². The summed E-state index contributed by atoms with van der Waals surface area (Å²) in [7, 11) is 1.49. The summed E-state index contributed by atoms with van der Waals surface area (Å²) >= 11 is 6.27. The van der Waals surface area contributed by atoms with Gasteiger partial charge < -0.3 is 14.9 Å². The number of ether oxygens (including phenoxy) is 1. The zero-order valence-corrected chi connectivity index (χ0v) is 11.5. The molecule has 2 rings (SSSR count). The zero-order valence-electron chi connectivity index (χ0n) is 10.7. The number of aromatic carboxylic acids is 1. The van der Waals surface area contributed by atoms with E-state index in [0.29, 0.717) is 24.2 Å². The van der Waals surface area contributed by atoms with Gasteiger partial charge in [0.2, 0.25) is 0 Å². The maximum atomic E-state index is 11.1. The van der Waals surface area contributed by atoms with Gasteiger partial charge in [0.05, 0.1) is 18.1 Å². The summed E-state index contributed by atoms with van der Waals surface area (Å²) < 4.78 is 5.24. The monoisotopic (exact) mass is 284 g/mol. The van der Waals surface area contributed by atoms with Crippen molar-refractivity contribution in [2.24, 2.45) is 0 Å². The smallest absolute Gasteiger partial charge is 0.335 e. The second kappa shape index (κ2) is 5.39. The molecule has 0 unspecified atom stereocenters. The van der Waals surface area contributed by atoms with E-state index >= 15 is 0 Å². The minimum absolute atomic E-state index is 0.124. The van der Waals surface area contributed by atoms with Crippen LogP contribution >= 0.6 is 11.6 Å². The molecule has 0 radical (unpaired) electrons. The number of rotatable bonds is 3. The molecule has 0 saturated heterocycles. The van der Waals surface area contributed by atoms with Crippen LogP contribution in [0.4, 0.5) is 0 Å². The van der Waals surface area contributed by atoms with Crippen molar-refractivity contribution in [1.82, 2.24) is 0 Å². The summed E-state index contributed by atoms with van der Waals surface area (Å²) in [5.74, 6) is -0.561. The first-order valence-corrected chi connectivity index (χ1v) is 6.71. The Bertz CT molecular complexity index is 488. The van der Waals surface area contributed by atoms with Crippen LogP contribution in [0.1, 0.15) is 41.6 Å². The molecule has 1 aliphatic rings. The molecule has 104 valence electrons. The van der Waals surface area contributed by atoms with E-state index in [9.17, 15) is 9.90 Å². The fourth-order valence-electron chi connectivity index (χ4n) is 2.60. The molecule has 19 heavy (non-hydrogen) atoms. The van der Waals surface area contributed by atoms with Crippen LogP contribution in [-0.4, -0.2) is 28.7 Å². The number of carboxylic acids is 1. The van der Waals surface area contributed by atoms with Gasteiger partial charge in [-0.15, -0.1) is 11.6 Å². The normalized spacial score (nSPS) is 27.0. The number of benzene rings is 1. The number of hydrogen-bond acceptors (Lipinski definition) is 3. The standard InChI is InChI=1S/C14H17ClO4/c1-19-11-6-5-9(13(16)17)8-10(11)14(18)7-3-2-4-12(14)15/h5-6,8,12,18H,2-4,7H2,1H3,(H,16,17)/t12-,14-/m1/s1. The van der Waals surface area contributed by atoms with E-state index in [1.807, 2.05) is 0 Å². The van der Waals surface area contributed by atoms with Crippen molar-refractivity contribution in [2.45, 2.75) is 36.7 Å². The van der Waals surface area contributed by atoms with E-state index < -0.39 is 16.9 Å². The fraction of sp³-hybridized carbons (Fsp3) is 0.500. The molecule has 2 N–H and O–H groups in total. The second-order valence-corrected chi connectivity index (χ2v) is 5.38. The van der Waals surface area contributed by atoms with Crippen LogP contribution in [0.2, 0.25) is 0 Å². The zero-order chi connectivity index (χ0) is 14.0. The van der Waals surface area contributed by atoms with Crippen LogP contribution in [-0.2, 0) is 5.60 Å². The molecule has 0 amide bonds. The maximum absolute atomic E-state index is 11.1. The number of carboxylic acid groups (broad SMARTS) is 1. The fourth-order valence-corrected chi connectivity index (χ4v) is 2.98. The molecule has 0 spiro atoms. The lowest BCUT2D eigenvalue weighted by molar-refractivity contribution is 0.00177. The Morgan fingerprint density at radius 3 is 2.79 bits per heavy atom. The summed E-state index contributed by atoms with van der Waals surface area (Å²) in [6.45, 7) is 0. The maximum Gasteiger partial charge on any atom is 0.335 e. The topological polar surface area (TPSA) is 66.8 Å². The van der Waals surface area contributed by atoms with E-state index in [1.54, 1.807) is 6.07 Å². The summed E-state index contributed by atoms with van der Waals surface area (Å²) in [5, 5.41) is 19.5. The van der Waals surface area contributed by atoms with Crippen LogP contribution in [0.25, 0.3) is 0 Å². The van der Waals surface area contributed by atoms with Crippen molar-refractivity contribution in [3.05, 3.63) is 29.3 Å². The molecule has 0 bridgehead atoms. The Kier molecular flexibility index (Phi) is 4.02. The number of alkyl halides is 1. The molecule has 0 aromatic heterocycles. The Morgan fingerprint density at radius 1 is 1.47 bits per heavy atom. The molecule has 2 atom stereocenters. The molecular formula is C14H17ClO4. The van der Waals surface area contributed by atoms with Crippen molar-refractivity contribution in [2.75, 3.05) is 7.11 Å². The molecule has 1 aliphatic carbocycles. The Hall–Kier alpha value is -1.26. The minimum Gasteiger partial charge on any atom is -0.496 e. The van der Waals surface area contributed by atoms with Crippen LogP contribution in [0.15, 0.2) is 18.2 Å². The van der Waals surface area contributed by atoms with Crippen LogP contribution in [0, 0.1) is 0 Å². The van der Waals surface area contributed by atoms with Gasteiger partial charge in [-0.1, -0.05) is 12.8 Å². The summed E-state index contributed by atoms with van der Waals surface area (Å²) in [6.07, 6.45) is 3.05. The van der Waals surface area contributed by atoms with E-state index in [1.165, 1.54) is 19.2 Å². The minimum atomic E-state index is -1.23. The average Bonchev–Trinajstić information content (AvgIpc) is 2.41. The molecule has 1 aromatic carbocycles. The molecule has 4 nitrogen and oxygen atoms in total. The van der Waals surface area contributed by atoms with Crippen LogP contribution in [0.3, 0.4) is 0 Å². The lowest BCUT2D eigenvalue weighted by Crippen LogP contribution is -2.39. The van der Waals surface area contributed by atoms with E-state index in [4.69, 9.17) is 21.4 Å². The molecule has 1 saturated carbocycles. The van der Waals surface area contributed by atoms with Gasteiger partial charge in [0.15, 0.2) is 0 Å². The Morgan fingerprint density at radius 2 is 2.21 bits per heavy atom. The van der Waals surface area contributed by atoms with Gasteiger partial charge in [-0.2, -0.15) is 0 Å². The molecule has 0 heterocycles. The number of halogens is 1. The highest BCUT2D eigenvalue weighted by molar-refractivity contribution is 6.21. The first kappa shape index (κ1) is 14.2. The third kappa shape index (κ3) is 2.55. The van der Waals surface area contributed by atoms with Gasteiger partial charge in [-0.25, -0.2) is 4.79 Å². The predicted octanol–water partition coefficient (Wildman–Crippen LogP) is 2.76. The molecule has 1 fully saturated rings. The summed E-state index contributed by atoms with van der Waals surface area (Å²) in [5.41, 5.74) is -0.635. The van der Waals surface area contributed by atoms with Gasteiger partial charge in [-0.05, 0) is 31.0 Å². The SMILES string of the molecule is COc1ccc(C(=O)O)cc1[C@]1(O)CCCC[C@H]1Cl. The third-order valence-electron chi connectivity index (χ3n) is 3.70. The van der Waals surface area contributed by atoms with Crippen molar-refractivity contribution in [1.29, 1.82) is 0 Å². The average molecular weight is 285 g/mol. The number of carbonyl (C=O) groups is 1. The molecule has 0 aliphatic heterocycles. The highest BCUT2D eigenvalue weighted by Crippen LogP contribution is 2.44. The molecule has 1 aromatic rings.